The number of nitrogens with two attached hydrogens (primary N) is 1. The van der Waals surface area contributed by atoms with Crippen molar-refractivity contribution >= 4 is 11.6 Å². The van der Waals surface area contributed by atoms with Crippen molar-refractivity contribution in [2.75, 3.05) is 24.5 Å². The molecule has 2 saturated heterocycles. The molecule has 2 heterocycles. The van der Waals surface area contributed by atoms with Crippen molar-refractivity contribution in [2.45, 2.75) is 25.4 Å². The summed E-state index contributed by atoms with van der Waals surface area (Å²) < 4.78 is 14.1. The summed E-state index contributed by atoms with van der Waals surface area (Å²) in [4.78, 5) is 15.6. The van der Waals surface area contributed by atoms with Crippen molar-refractivity contribution in [1.29, 1.82) is 0 Å². The molecule has 1 amide bonds. The Morgan fingerprint density at radius 3 is 2.95 bits per heavy atom. The molecule has 19 heavy (non-hydrogen) atoms. The molecule has 2 N–H and O–H groups in total. The maximum absolute atomic E-state index is 14.1. The second-order valence-corrected chi connectivity index (χ2v) is 5.22. The molecule has 2 aliphatic heterocycles. The number of nitrogens with zero attached hydrogens (tertiary/aromatic N) is 2. The van der Waals surface area contributed by atoms with Gasteiger partial charge in [-0.15, -0.1) is 0 Å². The molecule has 0 saturated carbocycles. The molecule has 1 atom stereocenters. The number of benzene rings is 1. The Morgan fingerprint density at radius 2 is 2.21 bits per heavy atom. The number of rotatable bonds is 2. The van der Waals surface area contributed by atoms with E-state index in [1.165, 1.54) is 6.07 Å². The number of amides is 1. The number of carbonyl (C=O) groups is 1. The first-order chi connectivity index (χ1) is 9.19. The average Bonchev–Trinajstić information content (AvgIpc) is 2.79. The van der Waals surface area contributed by atoms with Gasteiger partial charge in [-0.3, -0.25) is 4.79 Å². The first kappa shape index (κ1) is 12.4. The van der Waals surface area contributed by atoms with E-state index in [0.717, 1.165) is 18.5 Å². The fraction of sp³-hybridized carbons (Fsp3) is 0.500. The van der Waals surface area contributed by atoms with Gasteiger partial charge in [0.2, 0.25) is 5.91 Å². The minimum Gasteiger partial charge on any atom is -0.365 e. The molecule has 2 aliphatic rings. The van der Waals surface area contributed by atoms with Gasteiger partial charge in [-0.25, -0.2) is 4.39 Å². The van der Waals surface area contributed by atoms with Crippen LogP contribution in [0.25, 0.3) is 0 Å². The number of piperazine rings is 1. The first-order valence-electron chi connectivity index (χ1n) is 6.72. The van der Waals surface area contributed by atoms with Crippen LogP contribution >= 0.6 is 0 Å². The lowest BCUT2D eigenvalue weighted by Crippen LogP contribution is -2.51. The third-order valence-electron chi connectivity index (χ3n) is 4.08. The highest BCUT2D eigenvalue weighted by atomic mass is 19.1. The summed E-state index contributed by atoms with van der Waals surface area (Å²) >= 11 is 0. The first-order valence-corrected chi connectivity index (χ1v) is 6.72. The standard InChI is InChI=1S/C14H18FN3O/c15-12-7-10(8-16)1-3-13(12)17-5-6-18-11(9-17)2-4-14(18)19/h1,3,7,11H,2,4-6,8-9,16H2. The van der Waals surface area contributed by atoms with E-state index in [9.17, 15) is 9.18 Å². The van der Waals surface area contributed by atoms with Crippen molar-refractivity contribution in [3.8, 4) is 0 Å². The molecule has 0 aliphatic carbocycles. The Hall–Kier alpha value is -1.62. The second kappa shape index (κ2) is 4.81. The lowest BCUT2D eigenvalue weighted by Gasteiger charge is -2.39. The molecule has 102 valence electrons. The highest BCUT2D eigenvalue weighted by Crippen LogP contribution is 2.28. The summed E-state index contributed by atoms with van der Waals surface area (Å²) in [7, 11) is 0. The maximum Gasteiger partial charge on any atom is 0.223 e. The Labute approximate surface area is 112 Å². The normalized spacial score (nSPS) is 22.8. The van der Waals surface area contributed by atoms with Crippen LogP contribution in [0.4, 0.5) is 10.1 Å². The number of hydrogen-bond donors (Lipinski definition) is 1. The summed E-state index contributed by atoms with van der Waals surface area (Å²) in [6.45, 7) is 2.47. The van der Waals surface area contributed by atoms with Gasteiger partial charge in [0.05, 0.1) is 5.69 Å². The van der Waals surface area contributed by atoms with Gasteiger partial charge in [-0.1, -0.05) is 6.07 Å². The quantitative estimate of drug-likeness (QED) is 0.869. The molecule has 1 unspecified atom stereocenters. The van der Waals surface area contributed by atoms with E-state index in [1.807, 2.05) is 15.9 Å². The van der Waals surface area contributed by atoms with Crippen molar-refractivity contribution in [2.24, 2.45) is 5.73 Å². The lowest BCUT2D eigenvalue weighted by molar-refractivity contribution is -0.129. The molecular weight excluding hydrogens is 245 g/mol. The smallest absolute Gasteiger partial charge is 0.223 e. The van der Waals surface area contributed by atoms with E-state index in [1.54, 1.807) is 6.07 Å². The van der Waals surface area contributed by atoms with Crippen LogP contribution in [0.2, 0.25) is 0 Å². The summed E-state index contributed by atoms with van der Waals surface area (Å²) in [5.41, 5.74) is 6.93. The van der Waals surface area contributed by atoms with E-state index >= 15 is 0 Å². The molecule has 0 radical (unpaired) electrons. The van der Waals surface area contributed by atoms with Gasteiger partial charge >= 0.3 is 0 Å². The molecule has 3 rings (SSSR count). The maximum atomic E-state index is 14.1. The van der Waals surface area contributed by atoms with Gasteiger partial charge in [0, 0.05) is 38.6 Å². The molecule has 5 heteroatoms. The van der Waals surface area contributed by atoms with Crippen LogP contribution in [0.3, 0.4) is 0 Å². The van der Waals surface area contributed by atoms with Crippen LogP contribution in [0, 0.1) is 5.82 Å². The summed E-state index contributed by atoms with van der Waals surface area (Å²) in [5.74, 6) is 0.0179. The highest BCUT2D eigenvalue weighted by molar-refractivity contribution is 5.79. The van der Waals surface area contributed by atoms with Crippen LogP contribution < -0.4 is 10.6 Å². The van der Waals surface area contributed by atoms with Gasteiger partial charge in [0.25, 0.3) is 0 Å². The minimum atomic E-state index is -0.222. The van der Waals surface area contributed by atoms with Gasteiger partial charge < -0.3 is 15.5 Å². The fourth-order valence-electron chi connectivity index (χ4n) is 3.02. The fourth-order valence-corrected chi connectivity index (χ4v) is 3.02. The van der Waals surface area contributed by atoms with Gasteiger partial charge in [-0.05, 0) is 24.1 Å². The van der Waals surface area contributed by atoms with Gasteiger partial charge in [-0.2, -0.15) is 0 Å². The molecule has 0 aromatic heterocycles. The van der Waals surface area contributed by atoms with Crippen molar-refractivity contribution in [3.05, 3.63) is 29.6 Å². The molecule has 4 nitrogen and oxygen atoms in total. The number of carbonyl (C=O) groups excluding carboxylic acids is 1. The predicted octanol–water partition coefficient (Wildman–Crippen LogP) is 1.10. The molecule has 1 aromatic rings. The van der Waals surface area contributed by atoms with E-state index in [4.69, 9.17) is 5.73 Å². The van der Waals surface area contributed by atoms with E-state index < -0.39 is 0 Å². The minimum absolute atomic E-state index is 0.222. The third kappa shape index (κ3) is 2.18. The van der Waals surface area contributed by atoms with Crippen LogP contribution in [0.1, 0.15) is 18.4 Å². The molecule has 0 bridgehead atoms. The zero-order valence-corrected chi connectivity index (χ0v) is 10.8. The Kier molecular flexibility index (Phi) is 3.14. The highest BCUT2D eigenvalue weighted by Gasteiger charge is 2.35. The SMILES string of the molecule is NCc1ccc(N2CCN3C(=O)CCC3C2)c(F)c1. The van der Waals surface area contributed by atoms with Gasteiger partial charge in [0.1, 0.15) is 5.82 Å². The van der Waals surface area contributed by atoms with E-state index in [-0.39, 0.29) is 17.8 Å². The monoisotopic (exact) mass is 263 g/mol. The second-order valence-electron chi connectivity index (χ2n) is 5.22. The Morgan fingerprint density at radius 1 is 1.37 bits per heavy atom. The summed E-state index contributed by atoms with van der Waals surface area (Å²) in [6.07, 6.45) is 1.52. The summed E-state index contributed by atoms with van der Waals surface area (Å²) in [5, 5.41) is 0. The van der Waals surface area contributed by atoms with Crippen molar-refractivity contribution in [1.82, 2.24) is 4.90 Å². The van der Waals surface area contributed by atoms with Gasteiger partial charge in [0.15, 0.2) is 0 Å². The zero-order chi connectivity index (χ0) is 13.4. The number of halogens is 1. The topological polar surface area (TPSA) is 49.6 Å². The number of fused-ring (bicyclic) bond motifs is 1. The Bertz CT molecular complexity index is 505. The Balaban J connectivity index is 1.79. The van der Waals surface area contributed by atoms with E-state index in [2.05, 4.69) is 0 Å². The predicted molar refractivity (Wildman–Crippen MR) is 71.2 cm³/mol. The van der Waals surface area contributed by atoms with Crippen LogP contribution in [0.15, 0.2) is 18.2 Å². The molecular formula is C14H18FN3O. The van der Waals surface area contributed by atoms with Crippen LogP contribution in [-0.4, -0.2) is 36.5 Å². The van der Waals surface area contributed by atoms with E-state index in [0.29, 0.717) is 31.7 Å². The molecule has 2 fully saturated rings. The van der Waals surface area contributed by atoms with Crippen LogP contribution in [-0.2, 0) is 11.3 Å². The number of anilines is 1. The largest absolute Gasteiger partial charge is 0.365 e. The molecule has 0 spiro atoms. The van der Waals surface area contributed by atoms with Crippen LogP contribution in [0.5, 0.6) is 0 Å². The number of hydrogen-bond acceptors (Lipinski definition) is 3. The summed E-state index contributed by atoms with van der Waals surface area (Å²) in [6, 6.07) is 5.41. The van der Waals surface area contributed by atoms with Crippen molar-refractivity contribution < 1.29 is 9.18 Å². The third-order valence-corrected chi connectivity index (χ3v) is 4.08. The zero-order valence-electron chi connectivity index (χ0n) is 10.8. The molecule has 1 aromatic carbocycles. The average molecular weight is 263 g/mol. The lowest BCUT2D eigenvalue weighted by atomic mass is 10.1. The van der Waals surface area contributed by atoms with Crippen molar-refractivity contribution in [3.63, 3.8) is 0 Å².